The normalized spacial score (nSPS) is 12.8. The molecule has 0 saturated heterocycles. The van der Waals surface area contributed by atoms with Crippen LogP contribution in [0.2, 0.25) is 0 Å². The maximum Gasteiger partial charge on any atom is 0.0124 e. The Kier molecular flexibility index (Phi) is 6.85. The van der Waals surface area contributed by atoms with Gasteiger partial charge in [-0.1, -0.05) is 74.9 Å². The van der Waals surface area contributed by atoms with Crippen molar-refractivity contribution >= 4 is 0 Å². The van der Waals surface area contributed by atoms with Crippen molar-refractivity contribution in [2.24, 2.45) is 5.92 Å². The minimum Gasteiger partial charge on any atom is -0.309 e. The van der Waals surface area contributed by atoms with E-state index < -0.39 is 0 Å². The van der Waals surface area contributed by atoms with Gasteiger partial charge in [0.05, 0.1) is 0 Å². The van der Waals surface area contributed by atoms with Gasteiger partial charge in [-0.25, -0.2) is 0 Å². The van der Waals surface area contributed by atoms with E-state index in [2.05, 4.69) is 87.4 Å². The van der Waals surface area contributed by atoms with Crippen molar-refractivity contribution < 1.29 is 0 Å². The molecule has 0 aliphatic heterocycles. The summed E-state index contributed by atoms with van der Waals surface area (Å²) in [6.07, 6.45) is 3.34. The Hall–Kier alpha value is -1.60. The molecule has 0 aliphatic rings. The zero-order chi connectivity index (χ0) is 16.7. The smallest absolute Gasteiger partial charge is 0.0124 e. The number of hydrogen-bond donors (Lipinski definition) is 0. The molecule has 1 radical (unpaired) electrons. The van der Waals surface area contributed by atoms with Gasteiger partial charge in [0.1, 0.15) is 0 Å². The van der Waals surface area contributed by atoms with Gasteiger partial charge in [0.25, 0.3) is 0 Å². The van der Waals surface area contributed by atoms with Gasteiger partial charge >= 0.3 is 0 Å². The molecule has 0 saturated carbocycles. The van der Waals surface area contributed by atoms with Crippen LogP contribution >= 0.6 is 0 Å². The molecule has 2 aromatic rings. The van der Waals surface area contributed by atoms with Crippen molar-refractivity contribution in [3.8, 4) is 0 Å². The first-order valence-electron chi connectivity index (χ1n) is 8.74. The molecule has 2 aromatic carbocycles. The predicted molar refractivity (Wildman–Crippen MR) is 101 cm³/mol. The van der Waals surface area contributed by atoms with E-state index in [1.807, 2.05) is 0 Å². The van der Waals surface area contributed by atoms with E-state index in [0.717, 1.165) is 19.4 Å². The standard InChI is InChI=1S/C22H30N/c1-5-18(2)22(17-19-11-7-6-8-12-19)21-14-10-9-13-20(21)15-16-23(3)4/h6-14,18H,5,15-17H2,1-4H3. The first-order valence-corrected chi connectivity index (χ1v) is 8.74. The molecular weight excluding hydrogens is 278 g/mol. The van der Waals surface area contributed by atoms with Crippen LogP contribution in [0.25, 0.3) is 0 Å². The highest BCUT2D eigenvalue weighted by atomic mass is 15.0. The van der Waals surface area contributed by atoms with E-state index in [1.54, 1.807) is 5.92 Å². The van der Waals surface area contributed by atoms with Crippen LogP contribution in [0.5, 0.6) is 0 Å². The maximum atomic E-state index is 2.36. The SMILES string of the molecule is CCC(C)[C](Cc1ccccc1)c1ccccc1CCN(C)C. The maximum absolute atomic E-state index is 2.36. The quantitative estimate of drug-likeness (QED) is 0.663. The van der Waals surface area contributed by atoms with E-state index in [1.165, 1.54) is 23.1 Å². The highest BCUT2D eigenvalue weighted by Crippen LogP contribution is 2.32. The largest absolute Gasteiger partial charge is 0.309 e. The van der Waals surface area contributed by atoms with E-state index in [9.17, 15) is 0 Å². The molecule has 0 heterocycles. The van der Waals surface area contributed by atoms with Crippen molar-refractivity contribution in [3.05, 3.63) is 77.2 Å². The topological polar surface area (TPSA) is 3.24 Å². The summed E-state index contributed by atoms with van der Waals surface area (Å²) in [7, 11) is 4.29. The summed E-state index contributed by atoms with van der Waals surface area (Å²) in [5, 5.41) is 0. The molecule has 0 bridgehead atoms. The molecule has 1 nitrogen and oxygen atoms in total. The first kappa shape index (κ1) is 17.7. The Morgan fingerprint density at radius 3 is 2.26 bits per heavy atom. The Balaban J connectivity index is 2.28. The second-order valence-corrected chi connectivity index (χ2v) is 6.71. The molecule has 0 aromatic heterocycles. The van der Waals surface area contributed by atoms with E-state index >= 15 is 0 Å². The van der Waals surface area contributed by atoms with Gasteiger partial charge in [0.15, 0.2) is 0 Å². The molecule has 23 heavy (non-hydrogen) atoms. The van der Waals surface area contributed by atoms with Crippen molar-refractivity contribution in [3.63, 3.8) is 0 Å². The summed E-state index contributed by atoms with van der Waals surface area (Å²) < 4.78 is 0. The van der Waals surface area contributed by atoms with Crippen LogP contribution < -0.4 is 0 Å². The van der Waals surface area contributed by atoms with Crippen LogP contribution in [-0.4, -0.2) is 25.5 Å². The number of benzene rings is 2. The van der Waals surface area contributed by atoms with Gasteiger partial charge in [0.2, 0.25) is 0 Å². The summed E-state index contributed by atoms with van der Waals surface area (Å²) >= 11 is 0. The lowest BCUT2D eigenvalue weighted by Crippen LogP contribution is -2.19. The average molecular weight is 308 g/mol. The second kappa shape index (κ2) is 8.88. The average Bonchev–Trinajstić information content (AvgIpc) is 2.58. The lowest BCUT2D eigenvalue weighted by Gasteiger charge is -2.26. The predicted octanol–water partition coefficient (Wildman–Crippen LogP) is 5.00. The molecule has 0 aliphatic carbocycles. The summed E-state index contributed by atoms with van der Waals surface area (Å²) in [6, 6.07) is 19.8. The van der Waals surface area contributed by atoms with Gasteiger partial charge < -0.3 is 4.90 Å². The Morgan fingerprint density at radius 1 is 0.957 bits per heavy atom. The minimum atomic E-state index is 0.607. The zero-order valence-electron chi connectivity index (χ0n) is 15.0. The van der Waals surface area contributed by atoms with Crippen molar-refractivity contribution in [1.82, 2.24) is 4.90 Å². The highest BCUT2D eigenvalue weighted by Gasteiger charge is 2.21. The summed E-state index contributed by atoms with van der Waals surface area (Å²) in [5.74, 6) is 2.18. The monoisotopic (exact) mass is 308 g/mol. The first-order chi connectivity index (χ1) is 11.1. The Morgan fingerprint density at radius 2 is 1.61 bits per heavy atom. The van der Waals surface area contributed by atoms with Crippen molar-refractivity contribution in [1.29, 1.82) is 0 Å². The molecule has 0 amide bonds. The number of nitrogens with zero attached hydrogens (tertiary/aromatic N) is 1. The number of hydrogen-bond acceptors (Lipinski definition) is 1. The van der Waals surface area contributed by atoms with Crippen LogP contribution in [0.1, 0.15) is 37.0 Å². The van der Waals surface area contributed by atoms with Gasteiger partial charge in [0, 0.05) is 12.5 Å². The van der Waals surface area contributed by atoms with Crippen LogP contribution in [0, 0.1) is 11.8 Å². The van der Waals surface area contributed by atoms with Crippen LogP contribution in [-0.2, 0) is 12.8 Å². The van der Waals surface area contributed by atoms with Gasteiger partial charge in [-0.15, -0.1) is 0 Å². The van der Waals surface area contributed by atoms with Crippen molar-refractivity contribution in [2.45, 2.75) is 33.1 Å². The third-order valence-electron chi connectivity index (χ3n) is 4.64. The van der Waals surface area contributed by atoms with Crippen LogP contribution in [0.4, 0.5) is 0 Å². The van der Waals surface area contributed by atoms with E-state index in [0.29, 0.717) is 5.92 Å². The lowest BCUT2D eigenvalue weighted by atomic mass is 9.79. The Labute approximate surface area is 142 Å². The number of likely N-dealkylation sites (N-methyl/N-ethyl adjacent to an activating group) is 1. The Bertz CT molecular complexity index is 574. The van der Waals surface area contributed by atoms with Crippen LogP contribution in [0.15, 0.2) is 54.6 Å². The molecule has 2 rings (SSSR count). The zero-order valence-corrected chi connectivity index (χ0v) is 15.0. The second-order valence-electron chi connectivity index (χ2n) is 6.71. The fourth-order valence-corrected chi connectivity index (χ4v) is 2.99. The van der Waals surface area contributed by atoms with Gasteiger partial charge in [-0.05, 0) is 49.5 Å². The fraction of sp³-hybridized carbons (Fsp3) is 0.409. The molecular formula is C22H30N. The third kappa shape index (κ3) is 5.21. The van der Waals surface area contributed by atoms with Crippen LogP contribution in [0.3, 0.4) is 0 Å². The van der Waals surface area contributed by atoms with Gasteiger partial charge in [-0.3, -0.25) is 0 Å². The summed E-state index contributed by atoms with van der Waals surface area (Å²) in [6.45, 7) is 5.75. The van der Waals surface area contributed by atoms with E-state index in [4.69, 9.17) is 0 Å². The lowest BCUT2D eigenvalue weighted by molar-refractivity contribution is 0.413. The van der Waals surface area contributed by atoms with Crippen molar-refractivity contribution in [2.75, 3.05) is 20.6 Å². The molecule has 1 heteroatoms. The number of rotatable bonds is 8. The minimum absolute atomic E-state index is 0.607. The fourth-order valence-electron chi connectivity index (χ4n) is 2.99. The molecule has 0 spiro atoms. The molecule has 0 N–H and O–H groups in total. The third-order valence-corrected chi connectivity index (χ3v) is 4.64. The molecule has 123 valence electrons. The molecule has 1 atom stereocenters. The van der Waals surface area contributed by atoms with E-state index in [-0.39, 0.29) is 0 Å². The summed E-state index contributed by atoms with van der Waals surface area (Å²) in [5.41, 5.74) is 4.35. The van der Waals surface area contributed by atoms with Gasteiger partial charge in [-0.2, -0.15) is 0 Å². The molecule has 1 unspecified atom stereocenters. The highest BCUT2D eigenvalue weighted by molar-refractivity contribution is 5.42. The molecule has 0 fully saturated rings. The summed E-state index contributed by atoms with van der Waals surface area (Å²) in [4.78, 5) is 2.26.